The second-order valence-corrected chi connectivity index (χ2v) is 8.06. The number of benzene rings is 2. The zero-order valence-electron chi connectivity index (χ0n) is 16.3. The smallest absolute Gasteiger partial charge is 0.325 e. The van der Waals surface area contributed by atoms with Gasteiger partial charge in [-0.15, -0.1) is 11.3 Å². The molecular weight excluding hydrogens is 434 g/mol. The predicted octanol–water partition coefficient (Wildman–Crippen LogP) is 4.39. The van der Waals surface area contributed by atoms with Gasteiger partial charge in [0.25, 0.3) is 5.56 Å². The van der Waals surface area contributed by atoms with Crippen LogP contribution in [0, 0.1) is 11.3 Å². The summed E-state index contributed by atoms with van der Waals surface area (Å²) in [6.07, 6.45) is 1.34. The standard InChI is InChI=1S/C22H14F2N6OS/c23-22(24)30-19(20-15(8-25)12-3-1-2-4-18(12)32-20)16(10-27-30)11-5-6-13-14(7-11)17(9-26)28-29-21(13)31/h1-7,10,22H,9,26H2,(H,29,31). The van der Waals surface area contributed by atoms with Crippen molar-refractivity contribution in [3.05, 3.63) is 70.3 Å². The normalized spacial score (nSPS) is 11.5. The SMILES string of the molecule is N#Cc1c(-c2c(-c3ccc4c(=O)[nH]nc(CN)c4c3)cnn2C(F)F)sc2ccccc12. The number of thiophene rings is 1. The third-order valence-corrected chi connectivity index (χ3v) is 6.45. The number of H-pyrrole nitrogens is 1. The van der Waals surface area contributed by atoms with E-state index < -0.39 is 6.55 Å². The molecule has 0 spiro atoms. The Labute approximate surface area is 183 Å². The molecule has 3 aromatic heterocycles. The highest BCUT2D eigenvalue weighted by Crippen LogP contribution is 2.43. The van der Waals surface area contributed by atoms with Crippen LogP contribution in [0.15, 0.2) is 53.5 Å². The molecule has 3 heterocycles. The highest BCUT2D eigenvalue weighted by atomic mass is 32.1. The van der Waals surface area contributed by atoms with Crippen molar-refractivity contribution in [2.45, 2.75) is 13.1 Å². The molecule has 2 aromatic carbocycles. The predicted molar refractivity (Wildman–Crippen MR) is 118 cm³/mol. The minimum absolute atomic E-state index is 0.0920. The summed E-state index contributed by atoms with van der Waals surface area (Å²) < 4.78 is 29.2. The summed E-state index contributed by atoms with van der Waals surface area (Å²) in [5.74, 6) is 0. The molecule has 0 radical (unpaired) electrons. The average Bonchev–Trinajstić information content (AvgIpc) is 3.40. The lowest BCUT2D eigenvalue weighted by molar-refractivity contribution is 0.0586. The number of halogens is 2. The van der Waals surface area contributed by atoms with Crippen molar-refractivity contribution in [2.75, 3.05) is 0 Å². The first-order chi connectivity index (χ1) is 15.5. The van der Waals surface area contributed by atoms with Crippen molar-refractivity contribution < 1.29 is 8.78 Å². The molecule has 0 unspecified atom stereocenters. The van der Waals surface area contributed by atoms with E-state index in [1.165, 1.54) is 17.5 Å². The van der Waals surface area contributed by atoms with Gasteiger partial charge in [-0.05, 0) is 23.8 Å². The summed E-state index contributed by atoms with van der Waals surface area (Å²) in [4.78, 5) is 12.6. The maximum Gasteiger partial charge on any atom is 0.333 e. The number of alkyl halides is 2. The molecule has 0 atom stereocenters. The Hall–Kier alpha value is -3.94. The Bertz CT molecular complexity index is 1590. The fraction of sp³-hybridized carbons (Fsp3) is 0.0909. The maximum atomic E-state index is 13.9. The first-order valence-corrected chi connectivity index (χ1v) is 10.3. The number of hydrogen-bond acceptors (Lipinski definition) is 6. The first-order valence-electron chi connectivity index (χ1n) is 9.53. The monoisotopic (exact) mass is 448 g/mol. The zero-order valence-corrected chi connectivity index (χ0v) is 17.2. The van der Waals surface area contributed by atoms with Crippen LogP contribution in [0.25, 0.3) is 42.6 Å². The molecule has 158 valence electrons. The number of nitrogens with zero attached hydrogens (tertiary/aromatic N) is 4. The van der Waals surface area contributed by atoms with Gasteiger partial charge < -0.3 is 5.73 Å². The summed E-state index contributed by atoms with van der Waals surface area (Å²) >= 11 is 1.26. The minimum atomic E-state index is -2.90. The molecular formula is C22H14F2N6OS. The minimum Gasteiger partial charge on any atom is -0.325 e. The van der Waals surface area contributed by atoms with Crippen molar-refractivity contribution in [2.24, 2.45) is 5.73 Å². The summed E-state index contributed by atoms with van der Waals surface area (Å²) in [7, 11) is 0. The first kappa shape index (κ1) is 20.0. The van der Waals surface area contributed by atoms with Crippen LogP contribution < -0.4 is 11.3 Å². The second-order valence-electron chi connectivity index (χ2n) is 7.01. The number of nitrogens with two attached hydrogens (primary N) is 1. The maximum absolute atomic E-state index is 13.9. The summed E-state index contributed by atoms with van der Waals surface area (Å²) in [6.45, 7) is -2.81. The van der Waals surface area contributed by atoms with Crippen LogP contribution in [0.3, 0.4) is 0 Å². The number of rotatable bonds is 4. The van der Waals surface area contributed by atoms with E-state index in [-0.39, 0.29) is 17.8 Å². The number of aromatic nitrogens is 4. The fourth-order valence-electron chi connectivity index (χ4n) is 3.81. The molecule has 0 aliphatic carbocycles. The van der Waals surface area contributed by atoms with Crippen molar-refractivity contribution >= 4 is 32.2 Å². The van der Waals surface area contributed by atoms with Gasteiger partial charge in [0, 0.05) is 27.6 Å². The highest BCUT2D eigenvalue weighted by Gasteiger charge is 2.25. The van der Waals surface area contributed by atoms with Crippen LogP contribution in [0.1, 0.15) is 17.8 Å². The lowest BCUT2D eigenvalue weighted by atomic mass is 9.99. The largest absolute Gasteiger partial charge is 0.333 e. The van der Waals surface area contributed by atoms with E-state index in [4.69, 9.17) is 5.73 Å². The molecule has 0 amide bonds. The van der Waals surface area contributed by atoms with Gasteiger partial charge in [0.15, 0.2) is 0 Å². The van der Waals surface area contributed by atoms with Crippen LogP contribution in [-0.2, 0) is 6.54 Å². The van der Waals surface area contributed by atoms with E-state index in [1.54, 1.807) is 30.3 Å². The number of fused-ring (bicyclic) bond motifs is 2. The van der Waals surface area contributed by atoms with Crippen LogP contribution in [0.4, 0.5) is 8.78 Å². The lowest BCUT2D eigenvalue weighted by Gasteiger charge is -2.10. The van der Waals surface area contributed by atoms with Gasteiger partial charge in [0.1, 0.15) is 6.07 Å². The molecule has 0 aliphatic heterocycles. The van der Waals surface area contributed by atoms with Gasteiger partial charge in [-0.2, -0.15) is 24.2 Å². The molecule has 0 fully saturated rings. The number of hydrogen-bond donors (Lipinski definition) is 2. The molecule has 0 aliphatic rings. The molecule has 5 rings (SSSR count). The zero-order chi connectivity index (χ0) is 22.4. The second kappa shape index (κ2) is 7.64. The van der Waals surface area contributed by atoms with Gasteiger partial charge in [0.05, 0.1) is 33.4 Å². The van der Waals surface area contributed by atoms with Crippen LogP contribution in [0.5, 0.6) is 0 Å². The average molecular weight is 448 g/mol. The Kier molecular flexibility index (Phi) is 4.77. The molecule has 0 saturated heterocycles. The van der Waals surface area contributed by atoms with Crippen molar-refractivity contribution in [3.8, 4) is 27.8 Å². The number of aromatic amines is 1. The summed E-state index contributed by atoms with van der Waals surface area (Å²) in [6, 6.07) is 14.4. The highest BCUT2D eigenvalue weighted by molar-refractivity contribution is 7.22. The number of nitrogens with one attached hydrogen (secondary N) is 1. The molecule has 0 bridgehead atoms. The summed E-state index contributed by atoms with van der Waals surface area (Å²) in [5, 5.41) is 21.7. The molecule has 3 N–H and O–H groups in total. The molecule has 10 heteroatoms. The van der Waals surface area contributed by atoms with E-state index in [0.29, 0.717) is 48.1 Å². The van der Waals surface area contributed by atoms with Gasteiger partial charge in [0.2, 0.25) is 0 Å². The topological polar surface area (TPSA) is 113 Å². The Morgan fingerprint density at radius 3 is 2.75 bits per heavy atom. The van der Waals surface area contributed by atoms with Gasteiger partial charge in [-0.25, -0.2) is 9.78 Å². The third kappa shape index (κ3) is 2.98. The van der Waals surface area contributed by atoms with Gasteiger partial charge >= 0.3 is 6.55 Å². The van der Waals surface area contributed by atoms with Crippen molar-refractivity contribution in [1.82, 2.24) is 20.0 Å². The van der Waals surface area contributed by atoms with Crippen molar-refractivity contribution in [1.29, 1.82) is 5.26 Å². The van der Waals surface area contributed by atoms with E-state index in [0.717, 1.165) is 4.70 Å². The fourth-order valence-corrected chi connectivity index (χ4v) is 5.02. The summed E-state index contributed by atoms with van der Waals surface area (Å²) in [5.41, 5.74) is 7.30. The van der Waals surface area contributed by atoms with Gasteiger partial charge in [-0.1, -0.05) is 24.3 Å². The third-order valence-electron chi connectivity index (χ3n) is 5.27. The van der Waals surface area contributed by atoms with E-state index in [2.05, 4.69) is 21.4 Å². The van der Waals surface area contributed by atoms with E-state index in [9.17, 15) is 18.8 Å². The molecule has 7 nitrogen and oxygen atoms in total. The van der Waals surface area contributed by atoms with Crippen LogP contribution >= 0.6 is 11.3 Å². The van der Waals surface area contributed by atoms with Crippen LogP contribution in [0.2, 0.25) is 0 Å². The van der Waals surface area contributed by atoms with E-state index >= 15 is 0 Å². The number of nitriles is 1. The van der Waals surface area contributed by atoms with Crippen molar-refractivity contribution in [3.63, 3.8) is 0 Å². The quantitative estimate of drug-likeness (QED) is 0.423. The Morgan fingerprint density at radius 2 is 2.00 bits per heavy atom. The van der Waals surface area contributed by atoms with Crippen LogP contribution in [-0.4, -0.2) is 20.0 Å². The molecule has 5 aromatic rings. The lowest BCUT2D eigenvalue weighted by Crippen LogP contribution is -2.13. The molecule has 0 saturated carbocycles. The molecule has 32 heavy (non-hydrogen) atoms. The Morgan fingerprint density at radius 1 is 1.19 bits per heavy atom. The van der Waals surface area contributed by atoms with Gasteiger partial charge in [-0.3, -0.25) is 4.79 Å². The Balaban J connectivity index is 1.82. The van der Waals surface area contributed by atoms with E-state index in [1.807, 2.05) is 12.1 Å².